The van der Waals surface area contributed by atoms with Crippen molar-refractivity contribution >= 4 is 11.8 Å². The zero-order valence-corrected chi connectivity index (χ0v) is 11.9. The Labute approximate surface area is 117 Å². The monoisotopic (exact) mass is 275 g/mol. The molecule has 1 unspecified atom stereocenters. The smallest absolute Gasteiger partial charge is 0.137 e. The van der Waals surface area contributed by atoms with Crippen molar-refractivity contribution in [2.45, 2.75) is 17.9 Å². The summed E-state index contributed by atoms with van der Waals surface area (Å²) in [4.78, 5) is 5.18. The van der Waals surface area contributed by atoms with Gasteiger partial charge in [-0.05, 0) is 30.9 Å². The molecule has 0 spiro atoms. The average Bonchev–Trinajstić information content (AvgIpc) is 2.47. The van der Waals surface area contributed by atoms with Gasteiger partial charge in [0.2, 0.25) is 0 Å². The lowest BCUT2D eigenvalue weighted by Gasteiger charge is -2.15. The fraction of sp³-hybridized carbons (Fsp3) is 0.267. The lowest BCUT2D eigenvalue weighted by molar-refractivity contribution is 0.216. The molecule has 2 aromatic rings. The van der Waals surface area contributed by atoms with E-state index < -0.39 is 6.10 Å². The Morgan fingerprint density at radius 1 is 1.32 bits per heavy atom. The lowest BCUT2D eigenvalue weighted by Crippen LogP contribution is -2.03. The largest absolute Gasteiger partial charge is 0.492 e. The summed E-state index contributed by atoms with van der Waals surface area (Å²) in [6, 6.07) is 9.67. The van der Waals surface area contributed by atoms with Gasteiger partial charge in [-0.1, -0.05) is 18.2 Å². The molecule has 0 saturated carbocycles. The van der Waals surface area contributed by atoms with Crippen LogP contribution < -0.4 is 4.74 Å². The highest BCUT2D eigenvalue weighted by atomic mass is 32.2. The van der Waals surface area contributed by atoms with Gasteiger partial charge in [-0.3, -0.25) is 4.98 Å². The van der Waals surface area contributed by atoms with Gasteiger partial charge < -0.3 is 9.84 Å². The average molecular weight is 275 g/mol. The van der Waals surface area contributed by atoms with Crippen molar-refractivity contribution in [3.63, 3.8) is 0 Å². The van der Waals surface area contributed by atoms with E-state index in [1.807, 2.05) is 43.5 Å². The van der Waals surface area contributed by atoms with Crippen molar-refractivity contribution in [3.05, 3.63) is 53.9 Å². The standard InChI is InChI=1S/C15H17NO2S/c1-3-18-12-8-11(9-16-10-12)15(17)13-6-4-5-7-14(13)19-2/h4-10,15,17H,3H2,1-2H3. The predicted molar refractivity (Wildman–Crippen MR) is 77.7 cm³/mol. The quantitative estimate of drug-likeness (QED) is 0.850. The summed E-state index contributed by atoms with van der Waals surface area (Å²) in [6.07, 6.45) is 4.64. The first-order valence-corrected chi connectivity index (χ1v) is 7.37. The third-order valence-corrected chi connectivity index (χ3v) is 3.61. The number of rotatable bonds is 5. The van der Waals surface area contributed by atoms with Crippen LogP contribution in [0, 0.1) is 0 Å². The van der Waals surface area contributed by atoms with Crippen molar-refractivity contribution in [1.29, 1.82) is 0 Å². The number of pyridine rings is 1. The first-order valence-electron chi connectivity index (χ1n) is 6.15. The second kappa shape index (κ2) is 6.59. The van der Waals surface area contributed by atoms with Crippen LogP contribution in [0.1, 0.15) is 24.2 Å². The Kier molecular flexibility index (Phi) is 4.82. The van der Waals surface area contributed by atoms with E-state index in [9.17, 15) is 5.11 Å². The van der Waals surface area contributed by atoms with Crippen LogP contribution in [-0.2, 0) is 0 Å². The zero-order valence-electron chi connectivity index (χ0n) is 11.0. The molecule has 1 aromatic carbocycles. The Balaban J connectivity index is 2.32. The van der Waals surface area contributed by atoms with Crippen LogP contribution in [0.4, 0.5) is 0 Å². The van der Waals surface area contributed by atoms with Gasteiger partial charge in [0.25, 0.3) is 0 Å². The van der Waals surface area contributed by atoms with Crippen LogP contribution in [0.15, 0.2) is 47.6 Å². The first kappa shape index (κ1) is 13.9. The number of hydrogen-bond acceptors (Lipinski definition) is 4. The van der Waals surface area contributed by atoms with Crippen molar-refractivity contribution in [2.24, 2.45) is 0 Å². The van der Waals surface area contributed by atoms with Gasteiger partial charge in [0, 0.05) is 16.7 Å². The highest BCUT2D eigenvalue weighted by molar-refractivity contribution is 7.98. The molecular weight excluding hydrogens is 258 g/mol. The fourth-order valence-corrected chi connectivity index (χ4v) is 2.53. The minimum absolute atomic E-state index is 0.586. The van der Waals surface area contributed by atoms with Crippen LogP contribution >= 0.6 is 11.8 Å². The van der Waals surface area contributed by atoms with Crippen LogP contribution in [-0.4, -0.2) is 23.0 Å². The van der Waals surface area contributed by atoms with Gasteiger partial charge in [-0.15, -0.1) is 11.8 Å². The molecule has 2 rings (SSSR count). The van der Waals surface area contributed by atoms with Gasteiger partial charge >= 0.3 is 0 Å². The van der Waals surface area contributed by atoms with E-state index in [2.05, 4.69) is 4.98 Å². The summed E-state index contributed by atoms with van der Waals surface area (Å²) in [5, 5.41) is 10.5. The Morgan fingerprint density at radius 3 is 2.84 bits per heavy atom. The maximum atomic E-state index is 10.5. The molecule has 0 amide bonds. The van der Waals surface area contributed by atoms with E-state index in [1.165, 1.54) is 0 Å². The topological polar surface area (TPSA) is 42.4 Å². The van der Waals surface area contributed by atoms with Gasteiger partial charge in [0.15, 0.2) is 0 Å². The summed E-state index contributed by atoms with van der Waals surface area (Å²) in [5.74, 6) is 0.681. The highest BCUT2D eigenvalue weighted by Crippen LogP contribution is 2.30. The summed E-state index contributed by atoms with van der Waals surface area (Å²) in [7, 11) is 0. The number of aromatic nitrogens is 1. The number of benzene rings is 1. The van der Waals surface area contributed by atoms with Gasteiger partial charge in [0.05, 0.1) is 12.8 Å². The molecule has 0 fully saturated rings. The third-order valence-electron chi connectivity index (χ3n) is 2.79. The Hall–Kier alpha value is -1.52. The molecule has 0 aliphatic carbocycles. The number of thioether (sulfide) groups is 1. The number of nitrogens with zero attached hydrogens (tertiary/aromatic N) is 1. The maximum absolute atomic E-state index is 10.5. The number of aliphatic hydroxyl groups is 1. The summed E-state index contributed by atoms with van der Waals surface area (Å²) >= 11 is 1.62. The van der Waals surface area contributed by atoms with E-state index in [4.69, 9.17) is 4.74 Å². The Morgan fingerprint density at radius 2 is 2.11 bits per heavy atom. The van der Waals surface area contributed by atoms with E-state index in [-0.39, 0.29) is 0 Å². The Bertz CT molecular complexity index is 545. The molecule has 19 heavy (non-hydrogen) atoms. The van der Waals surface area contributed by atoms with Crippen LogP contribution in [0.2, 0.25) is 0 Å². The minimum atomic E-state index is -0.684. The number of aliphatic hydroxyl groups excluding tert-OH is 1. The SMILES string of the molecule is CCOc1cncc(C(O)c2ccccc2SC)c1. The molecule has 0 aliphatic heterocycles. The molecule has 1 N–H and O–H groups in total. The molecule has 0 radical (unpaired) electrons. The van der Waals surface area contributed by atoms with Gasteiger partial charge in [-0.25, -0.2) is 0 Å². The molecule has 0 saturated heterocycles. The molecule has 1 atom stereocenters. The summed E-state index contributed by atoms with van der Waals surface area (Å²) in [6.45, 7) is 2.51. The first-order chi connectivity index (χ1) is 9.26. The van der Waals surface area contributed by atoms with E-state index >= 15 is 0 Å². The number of hydrogen-bond donors (Lipinski definition) is 1. The van der Waals surface area contributed by atoms with Crippen LogP contribution in [0.25, 0.3) is 0 Å². The van der Waals surface area contributed by atoms with E-state index in [0.717, 1.165) is 16.0 Å². The molecule has 100 valence electrons. The molecule has 1 heterocycles. The molecule has 0 aliphatic rings. The van der Waals surface area contributed by atoms with Crippen LogP contribution in [0.3, 0.4) is 0 Å². The predicted octanol–water partition coefficient (Wildman–Crippen LogP) is 3.28. The van der Waals surface area contributed by atoms with Crippen LogP contribution in [0.5, 0.6) is 5.75 Å². The van der Waals surface area contributed by atoms with Crippen molar-refractivity contribution in [1.82, 2.24) is 4.98 Å². The zero-order chi connectivity index (χ0) is 13.7. The maximum Gasteiger partial charge on any atom is 0.137 e. The highest BCUT2D eigenvalue weighted by Gasteiger charge is 2.15. The molecule has 0 bridgehead atoms. The van der Waals surface area contributed by atoms with Gasteiger partial charge in [-0.2, -0.15) is 0 Å². The normalized spacial score (nSPS) is 12.2. The summed E-state index contributed by atoms with van der Waals surface area (Å²) < 4.78 is 5.41. The molecule has 4 heteroatoms. The summed E-state index contributed by atoms with van der Waals surface area (Å²) in [5.41, 5.74) is 1.64. The molecule has 1 aromatic heterocycles. The second-order valence-electron chi connectivity index (χ2n) is 4.03. The van der Waals surface area contributed by atoms with Crippen molar-refractivity contribution in [2.75, 3.05) is 12.9 Å². The molecular formula is C15H17NO2S. The third kappa shape index (κ3) is 3.28. The fourth-order valence-electron chi connectivity index (χ4n) is 1.90. The lowest BCUT2D eigenvalue weighted by atomic mass is 10.0. The molecule has 3 nitrogen and oxygen atoms in total. The van der Waals surface area contributed by atoms with E-state index in [0.29, 0.717) is 12.4 Å². The minimum Gasteiger partial charge on any atom is -0.492 e. The second-order valence-corrected chi connectivity index (χ2v) is 4.88. The number of ether oxygens (including phenoxy) is 1. The van der Waals surface area contributed by atoms with Crippen molar-refractivity contribution < 1.29 is 9.84 Å². The van der Waals surface area contributed by atoms with Crippen molar-refractivity contribution in [3.8, 4) is 5.75 Å². The van der Waals surface area contributed by atoms with Gasteiger partial charge in [0.1, 0.15) is 11.9 Å². The van der Waals surface area contributed by atoms with E-state index in [1.54, 1.807) is 24.2 Å².